The van der Waals surface area contributed by atoms with Crippen LogP contribution in [0.5, 0.6) is 11.5 Å². The van der Waals surface area contributed by atoms with E-state index in [2.05, 4.69) is 47.8 Å². The van der Waals surface area contributed by atoms with Crippen LogP contribution in [0, 0.1) is 6.92 Å². The number of aliphatic imine (C=N–C) groups is 1. The Morgan fingerprint density at radius 2 is 1.78 bits per heavy atom. The highest BCUT2D eigenvalue weighted by Gasteiger charge is 2.38. The van der Waals surface area contributed by atoms with Gasteiger partial charge in [0.1, 0.15) is 37.1 Å². The van der Waals surface area contributed by atoms with Gasteiger partial charge in [0.05, 0.1) is 24.4 Å². The van der Waals surface area contributed by atoms with Crippen LogP contribution in [0.3, 0.4) is 0 Å². The number of anilines is 1. The molecule has 3 aromatic rings. The maximum Gasteiger partial charge on any atom is 0.280 e. The zero-order valence-corrected chi connectivity index (χ0v) is 28.6. The Balaban J connectivity index is 0.000000221. The van der Waals surface area contributed by atoms with Gasteiger partial charge in [-0.3, -0.25) is 19.9 Å². The monoisotopic (exact) mass is 699 g/mol. The van der Waals surface area contributed by atoms with Gasteiger partial charge in [0.25, 0.3) is 5.91 Å². The van der Waals surface area contributed by atoms with Crippen LogP contribution in [-0.4, -0.2) is 103 Å². The summed E-state index contributed by atoms with van der Waals surface area (Å²) in [4.78, 5) is 41.6. The molecule has 5 rings (SSSR count). The number of likely N-dealkylation sites (tertiary alicyclic amines) is 1. The number of hydrogen-bond acceptors (Lipinski definition) is 12. The fourth-order valence-electron chi connectivity index (χ4n) is 5.13. The smallest absolute Gasteiger partial charge is 0.280 e. The fraction of sp³-hybridized carbons (Fsp3) is 0.441. The highest BCUT2D eigenvalue weighted by atomic mass is 35.5. The predicted molar refractivity (Wildman–Crippen MR) is 184 cm³/mol. The number of aldehydes is 1. The van der Waals surface area contributed by atoms with Crippen LogP contribution in [0.1, 0.15) is 51.4 Å². The lowest BCUT2D eigenvalue weighted by atomic mass is 9.88. The van der Waals surface area contributed by atoms with Crippen molar-refractivity contribution < 1.29 is 33.6 Å². The molecule has 1 fully saturated rings. The molecule has 0 aliphatic carbocycles. The SMILES string of the molecule is CNc1nc(C)c(Cl)nc1C(=O)NC1=NCC2(CCN(C)CC2)N1.O=Cc1ccc(OCCCc2ccc(OCC(O)COF)cc2)cc1. The number of carbonyl (C=O) groups excluding carboxylic acids is 2. The van der Waals surface area contributed by atoms with Crippen LogP contribution in [0.2, 0.25) is 5.15 Å². The van der Waals surface area contributed by atoms with Crippen LogP contribution in [-0.2, 0) is 11.4 Å². The molecule has 1 unspecified atom stereocenters. The Morgan fingerprint density at radius 1 is 1.10 bits per heavy atom. The van der Waals surface area contributed by atoms with Crippen molar-refractivity contribution >= 4 is 35.6 Å². The van der Waals surface area contributed by atoms with Crippen molar-refractivity contribution in [3.05, 3.63) is 76.2 Å². The van der Waals surface area contributed by atoms with Crippen molar-refractivity contribution in [1.82, 2.24) is 25.5 Å². The second-order valence-corrected chi connectivity index (χ2v) is 12.3. The number of ether oxygens (including phenoxy) is 2. The molecule has 264 valence electrons. The summed E-state index contributed by atoms with van der Waals surface area (Å²) in [7, 11) is 3.80. The molecule has 1 aromatic heterocycles. The summed E-state index contributed by atoms with van der Waals surface area (Å²) in [5.74, 6) is 1.84. The number of rotatable bonds is 13. The van der Waals surface area contributed by atoms with Crippen LogP contribution in [0.15, 0.2) is 53.5 Å². The quantitative estimate of drug-likeness (QED) is 0.152. The first-order chi connectivity index (χ1) is 23.6. The van der Waals surface area contributed by atoms with Crippen molar-refractivity contribution in [3.63, 3.8) is 0 Å². The van der Waals surface area contributed by atoms with Gasteiger partial charge < -0.3 is 30.1 Å². The number of nitrogens with zero attached hydrogens (tertiary/aromatic N) is 4. The average molecular weight is 700 g/mol. The van der Waals surface area contributed by atoms with Gasteiger partial charge in [-0.05, 0) is 86.1 Å². The predicted octanol–water partition coefficient (Wildman–Crippen LogP) is 3.79. The zero-order valence-electron chi connectivity index (χ0n) is 27.9. The number of nitrogens with one attached hydrogen (secondary N) is 3. The molecular weight excluding hydrogens is 657 g/mol. The molecule has 1 spiro atoms. The van der Waals surface area contributed by atoms with E-state index in [9.17, 15) is 19.2 Å². The third kappa shape index (κ3) is 11.3. The first-order valence-electron chi connectivity index (χ1n) is 16.0. The van der Waals surface area contributed by atoms with Gasteiger partial charge in [-0.2, -0.15) is 4.94 Å². The molecule has 0 radical (unpaired) electrons. The molecule has 3 heterocycles. The number of aliphatic hydroxyl groups is 1. The van der Waals surface area contributed by atoms with Gasteiger partial charge in [-0.15, -0.1) is 0 Å². The van der Waals surface area contributed by atoms with Crippen LogP contribution < -0.4 is 25.4 Å². The average Bonchev–Trinajstić information content (AvgIpc) is 3.50. The zero-order chi connectivity index (χ0) is 35.2. The highest BCUT2D eigenvalue weighted by Crippen LogP contribution is 2.25. The van der Waals surface area contributed by atoms with Gasteiger partial charge >= 0.3 is 0 Å². The summed E-state index contributed by atoms with van der Waals surface area (Å²) in [5, 5.41) is 18.6. The number of guanidine groups is 1. The summed E-state index contributed by atoms with van der Waals surface area (Å²) in [6.07, 6.45) is 3.51. The molecule has 13 nitrogen and oxygen atoms in total. The summed E-state index contributed by atoms with van der Waals surface area (Å²) < 4.78 is 22.5. The topological polar surface area (TPSA) is 160 Å². The molecular formula is C34H43ClFN7O6. The van der Waals surface area contributed by atoms with Gasteiger partial charge in [0.2, 0.25) is 0 Å². The summed E-state index contributed by atoms with van der Waals surface area (Å²) in [5.41, 5.74) is 2.44. The summed E-state index contributed by atoms with van der Waals surface area (Å²) in [6, 6.07) is 14.5. The molecule has 0 saturated carbocycles. The van der Waals surface area contributed by atoms with Crippen molar-refractivity contribution in [1.29, 1.82) is 0 Å². The molecule has 15 heteroatoms. The number of aromatic nitrogens is 2. The van der Waals surface area contributed by atoms with E-state index in [-0.39, 0.29) is 28.9 Å². The normalized spacial score (nSPS) is 15.7. The van der Waals surface area contributed by atoms with Crippen LogP contribution >= 0.6 is 11.6 Å². The van der Waals surface area contributed by atoms with Gasteiger partial charge in [0.15, 0.2) is 22.6 Å². The van der Waals surface area contributed by atoms with Crippen molar-refractivity contribution in [2.45, 2.75) is 44.2 Å². The van der Waals surface area contributed by atoms with Crippen molar-refractivity contribution in [3.8, 4) is 11.5 Å². The van der Waals surface area contributed by atoms with Gasteiger partial charge in [-0.25, -0.2) is 9.97 Å². The number of benzene rings is 2. The number of aliphatic hydroxyl groups excluding tert-OH is 1. The second kappa shape index (κ2) is 18.4. The third-order valence-corrected chi connectivity index (χ3v) is 8.44. The number of amides is 1. The molecule has 4 N–H and O–H groups in total. The standard InChI is InChI=1S/C19H21FO5.C15H22ClN7O/c20-25-14-17(22)13-24-19-7-3-15(4-8-19)2-1-11-23-18-9-5-16(12-21)6-10-18;1-9-11(16)20-10(12(17-2)19-9)13(24)21-14-18-8-15(22-14)4-6-23(3)7-5-15/h3-10,12,17,22H,1-2,11,13-14H2;4-8H2,1-3H3,(H,17,19)(H2,18,21,22,24). The molecule has 2 aliphatic rings. The lowest BCUT2D eigenvalue weighted by Gasteiger charge is -2.37. The number of hydrogen-bond donors (Lipinski definition) is 4. The van der Waals surface area contributed by atoms with E-state index >= 15 is 0 Å². The van der Waals surface area contributed by atoms with Crippen LogP contribution in [0.25, 0.3) is 0 Å². The number of aryl methyl sites for hydroxylation is 2. The Hall–Kier alpha value is -4.37. The summed E-state index contributed by atoms with van der Waals surface area (Å²) in [6.45, 7) is 4.60. The molecule has 1 amide bonds. The molecule has 0 bridgehead atoms. The van der Waals surface area contributed by atoms with Gasteiger partial charge in [-0.1, -0.05) is 23.7 Å². The van der Waals surface area contributed by atoms with Crippen molar-refractivity contribution in [2.75, 3.05) is 58.9 Å². The Kier molecular flexibility index (Phi) is 14.1. The maximum atomic E-state index is 12.5. The maximum absolute atomic E-state index is 12.5. The number of carbonyl (C=O) groups is 2. The number of halogens is 2. The molecule has 2 aromatic carbocycles. The Labute approximate surface area is 290 Å². The largest absolute Gasteiger partial charge is 0.494 e. The van der Waals surface area contributed by atoms with Crippen LogP contribution in [0.4, 0.5) is 10.3 Å². The second-order valence-electron chi connectivity index (χ2n) is 11.9. The highest BCUT2D eigenvalue weighted by molar-refractivity contribution is 6.30. The van der Waals surface area contributed by atoms with E-state index in [0.717, 1.165) is 56.4 Å². The van der Waals surface area contributed by atoms with E-state index in [1.807, 2.05) is 12.1 Å². The lowest BCUT2D eigenvalue weighted by molar-refractivity contribution is -0.160. The minimum absolute atomic E-state index is 0.0278. The van der Waals surface area contributed by atoms with E-state index < -0.39 is 12.7 Å². The number of piperidine rings is 1. The van der Waals surface area contributed by atoms with Gasteiger partial charge in [0, 0.05) is 25.7 Å². The first-order valence-corrected chi connectivity index (χ1v) is 16.4. The molecule has 1 saturated heterocycles. The Morgan fingerprint density at radius 3 is 2.43 bits per heavy atom. The minimum atomic E-state index is -0.998. The lowest BCUT2D eigenvalue weighted by Crippen LogP contribution is -2.55. The Bertz CT molecular complexity index is 1550. The molecule has 1 atom stereocenters. The van der Waals surface area contributed by atoms with E-state index in [1.165, 1.54) is 0 Å². The van der Waals surface area contributed by atoms with E-state index in [1.54, 1.807) is 50.4 Å². The molecule has 49 heavy (non-hydrogen) atoms. The van der Waals surface area contributed by atoms with Crippen molar-refractivity contribution in [2.24, 2.45) is 4.99 Å². The molecule has 2 aliphatic heterocycles. The van der Waals surface area contributed by atoms with E-state index in [0.29, 0.717) is 41.9 Å². The minimum Gasteiger partial charge on any atom is -0.494 e. The first kappa shape index (κ1) is 37.4. The fourth-order valence-corrected chi connectivity index (χ4v) is 5.26. The van der Waals surface area contributed by atoms with E-state index in [4.69, 9.17) is 21.1 Å². The summed E-state index contributed by atoms with van der Waals surface area (Å²) >= 11 is 6.00. The third-order valence-electron chi connectivity index (χ3n) is 8.08.